The largest absolute Gasteiger partial charge is 0.355 e. The minimum absolute atomic E-state index is 0. The standard InChI is InChI=1S/C13H21N3O2S.HI/c1-11(2)16-13(14-3)15-9-10-19(17,18)12-7-5-4-6-8-12;/h4-8,11H,9-10H2,1-3H3,(H2,14,15,16);1H. The number of rotatable bonds is 5. The number of aliphatic imine (C=N–C) groups is 1. The molecule has 0 amide bonds. The second-order valence-electron chi connectivity index (χ2n) is 4.43. The van der Waals surface area contributed by atoms with Gasteiger partial charge >= 0.3 is 0 Å². The SMILES string of the molecule is CN=C(NCCS(=O)(=O)c1ccccc1)NC(C)C.I. The number of hydrogen-bond acceptors (Lipinski definition) is 3. The number of hydrogen-bond donors (Lipinski definition) is 2. The van der Waals surface area contributed by atoms with E-state index in [0.29, 0.717) is 17.4 Å². The van der Waals surface area contributed by atoms with E-state index in [-0.39, 0.29) is 35.8 Å². The van der Waals surface area contributed by atoms with Crippen molar-refractivity contribution in [3.8, 4) is 0 Å². The van der Waals surface area contributed by atoms with Crippen molar-refractivity contribution in [3.63, 3.8) is 0 Å². The van der Waals surface area contributed by atoms with Crippen LogP contribution in [0.3, 0.4) is 0 Å². The van der Waals surface area contributed by atoms with Crippen molar-refractivity contribution in [1.82, 2.24) is 10.6 Å². The molecular formula is C13H22IN3O2S. The molecule has 0 aliphatic carbocycles. The first kappa shape index (κ1) is 19.2. The van der Waals surface area contributed by atoms with E-state index in [9.17, 15) is 8.42 Å². The van der Waals surface area contributed by atoms with E-state index in [0.717, 1.165) is 0 Å². The highest BCUT2D eigenvalue weighted by molar-refractivity contribution is 14.0. The minimum Gasteiger partial charge on any atom is -0.355 e. The molecule has 5 nitrogen and oxygen atoms in total. The number of nitrogens with zero attached hydrogens (tertiary/aromatic N) is 1. The summed E-state index contributed by atoms with van der Waals surface area (Å²) in [4.78, 5) is 4.37. The highest BCUT2D eigenvalue weighted by Crippen LogP contribution is 2.09. The molecule has 114 valence electrons. The van der Waals surface area contributed by atoms with Crippen molar-refractivity contribution < 1.29 is 8.42 Å². The molecule has 0 aromatic heterocycles. The summed E-state index contributed by atoms with van der Waals surface area (Å²) in [5, 5.41) is 6.09. The molecule has 0 radical (unpaired) electrons. The van der Waals surface area contributed by atoms with Crippen molar-refractivity contribution in [2.45, 2.75) is 24.8 Å². The maximum atomic E-state index is 12.0. The van der Waals surface area contributed by atoms with Crippen molar-refractivity contribution in [1.29, 1.82) is 0 Å². The smallest absolute Gasteiger partial charge is 0.191 e. The Hall–Kier alpha value is -0.830. The Bertz CT molecular complexity index is 516. The first-order chi connectivity index (χ1) is 8.95. The number of nitrogens with one attached hydrogen (secondary N) is 2. The lowest BCUT2D eigenvalue weighted by Crippen LogP contribution is -2.42. The molecule has 0 bridgehead atoms. The molecule has 1 aromatic rings. The highest BCUT2D eigenvalue weighted by Gasteiger charge is 2.13. The average Bonchev–Trinajstić information content (AvgIpc) is 2.38. The van der Waals surface area contributed by atoms with E-state index in [1.165, 1.54) is 0 Å². The van der Waals surface area contributed by atoms with Crippen molar-refractivity contribution in [2.75, 3.05) is 19.3 Å². The lowest BCUT2D eigenvalue weighted by molar-refractivity contribution is 0.594. The van der Waals surface area contributed by atoms with Gasteiger partial charge in [-0.3, -0.25) is 4.99 Å². The molecule has 0 atom stereocenters. The fraction of sp³-hybridized carbons (Fsp3) is 0.462. The summed E-state index contributed by atoms with van der Waals surface area (Å²) < 4.78 is 24.0. The van der Waals surface area contributed by atoms with Gasteiger partial charge in [-0.2, -0.15) is 0 Å². The zero-order valence-electron chi connectivity index (χ0n) is 12.0. The predicted molar refractivity (Wildman–Crippen MR) is 93.5 cm³/mol. The Kier molecular flexibility index (Phi) is 8.79. The van der Waals surface area contributed by atoms with Gasteiger partial charge in [-0.05, 0) is 26.0 Å². The highest BCUT2D eigenvalue weighted by atomic mass is 127. The Morgan fingerprint density at radius 3 is 2.35 bits per heavy atom. The molecule has 20 heavy (non-hydrogen) atoms. The Morgan fingerprint density at radius 1 is 1.25 bits per heavy atom. The van der Waals surface area contributed by atoms with E-state index in [1.54, 1.807) is 37.4 Å². The molecule has 1 aromatic carbocycles. The van der Waals surface area contributed by atoms with Crippen LogP contribution in [0.15, 0.2) is 40.2 Å². The quantitative estimate of drug-likeness (QED) is 0.439. The number of guanidine groups is 1. The van der Waals surface area contributed by atoms with E-state index in [1.807, 2.05) is 13.8 Å². The molecule has 0 aliphatic rings. The summed E-state index contributed by atoms with van der Waals surface area (Å²) in [6, 6.07) is 8.70. The van der Waals surface area contributed by atoms with Crippen molar-refractivity contribution >= 4 is 39.8 Å². The van der Waals surface area contributed by atoms with E-state index < -0.39 is 9.84 Å². The molecule has 0 unspecified atom stereocenters. The van der Waals surface area contributed by atoms with Crippen LogP contribution < -0.4 is 10.6 Å². The van der Waals surface area contributed by atoms with Crippen LogP contribution >= 0.6 is 24.0 Å². The summed E-state index contributed by atoms with van der Waals surface area (Å²) in [6.45, 7) is 4.31. The van der Waals surface area contributed by atoms with Gasteiger partial charge in [-0.1, -0.05) is 18.2 Å². The number of halogens is 1. The van der Waals surface area contributed by atoms with Gasteiger partial charge < -0.3 is 10.6 Å². The lowest BCUT2D eigenvalue weighted by Gasteiger charge is -2.14. The molecule has 1 rings (SSSR count). The summed E-state index contributed by atoms with van der Waals surface area (Å²) in [6.07, 6.45) is 0. The second kappa shape index (κ2) is 9.17. The molecule has 0 heterocycles. The van der Waals surface area contributed by atoms with Crippen molar-refractivity contribution in [3.05, 3.63) is 30.3 Å². The first-order valence-electron chi connectivity index (χ1n) is 6.20. The Morgan fingerprint density at radius 2 is 1.85 bits per heavy atom. The van der Waals surface area contributed by atoms with Crippen LogP contribution in [0.2, 0.25) is 0 Å². The molecular weight excluding hydrogens is 389 g/mol. The Labute approximate surface area is 138 Å². The van der Waals surface area contributed by atoms with Crippen LogP contribution in [-0.4, -0.2) is 39.8 Å². The van der Waals surface area contributed by atoms with Gasteiger partial charge in [0, 0.05) is 19.6 Å². The molecule has 7 heteroatoms. The molecule has 0 aliphatic heterocycles. The monoisotopic (exact) mass is 411 g/mol. The third-order valence-corrected chi connectivity index (χ3v) is 4.15. The van der Waals surface area contributed by atoms with E-state index >= 15 is 0 Å². The zero-order chi connectivity index (χ0) is 14.3. The van der Waals surface area contributed by atoms with Crippen LogP contribution in [-0.2, 0) is 9.84 Å². The fourth-order valence-electron chi connectivity index (χ4n) is 1.52. The van der Waals surface area contributed by atoms with Gasteiger partial charge in [0.2, 0.25) is 0 Å². The number of benzene rings is 1. The van der Waals surface area contributed by atoms with Gasteiger partial charge in [0.15, 0.2) is 15.8 Å². The van der Waals surface area contributed by atoms with Gasteiger partial charge in [0.1, 0.15) is 0 Å². The average molecular weight is 411 g/mol. The van der Waals surface area contributed by atoms with Gasteiger partial charge in [-0.25, -0.2) is 8.42 Å². The van der Waals surface area contributed by atoms with Crippen LogP contribution in [0.25, 0.3) is 0 Å². The fourth-order valence-corrected chi connectivity index (χ4v) is 2.70. The van der Waals surface area contributed by atoms with E-state index in [4.69, 9.17) is 0 Å². The van der Waals surface area contributed by atoms with Gasteiger partial charge in [0.25, 0.3) is 0 Å². The molecule has 0 saturated heterocycles. The molecule has 0 fully saturated rings. The van der Waals surface area contributed by atoms with Gasteiger partial charge in [-0.15, -0.1) is 24.0 Å². The number of sulfone groups is 1. The summed E-state index contributed by atoms with van der Waals surface area (Å²) in [5.74, 6) is 0.647. The minimum atomic E-state index is -3.24. The summed E-state index contributed by atoms with van der Waals surface area (Å²) >= 11 is 0. The third-order valence-electron chi connectivity index (χ3n) is 2.41. The van der Waals surface area contributed by atoms with Gasteiger partial charge in [0.05, 0.1) is 10.6 Å². The third kappa shape index (κ3) is 6.56. The first-order valence-corrected chi connectivity index (χ1v) is 7.86. The maximum Gasteiger partial charge on any atom is 0.191 e. The summed E-state index contributed by atoms with van der Waals surface area (Å²) in [5.41, 5.74) is 0. The molecule has 0 saturated carbocycles. The van der Waals surface area contributed by atoms with Crippen molar-refractivity contribution in [2.24, 2.45) is 4.99 Å². The van der Waals surface area contributed by atoms with Crippen LogP contribution in [0, 0.1) is 0 Å². The van der Waals surface area contributed by atoms with Crippen LogP contribution in [0.1, 0.15) is 13.8 Å². The molecule has 2 N–H and O–H groups in total. The second-order valence-corrected chi connectivity index (χ2v) is 6.54. The maximum absolute atomic E-state index is 12.0. The molecule has 0 spiro atoms. The predicted octanol–water partition coefficient (Wildman–Crippen LogP) is 1.65. The van der Waals surface area contributed by atoms with Crippen LogP contribution in [0.5, 0.6) is 0 Å². The van der Waals surface area contributed by atoms with Crippen LogP contribution in [0.4, 0.5) is 0 Å². The zero-order valence-corrected chi connectivity index (χ0v) is 15.1. The lowest BCUT2D eigenvalue weighted by atomic mass is 10.4. The normalized spacial score (nSPS) is 11.9. The summed E-state index contributed by atoms with van der Waals surface area (Å²) in [7, 11) is -1.58. The Balaban J connectivity index is 0.00000361. The van der Waals surface area contributed by atoms with E-state index in [2.05, 4.69) is 15.6 Å². The topological polar surface area (TPSA) is 70.6 Å².